The van der Waals surface area contributed by atoms with Gasteiger partial charge in [0.1, 0.15) is 5.75 Å². The molecule has 0 heterocycles. The van der Waals surface area contributed by atoms with Crippen molar-refractivity contribution in [3.05, 3.63) is 29.3 Å². The summed E-state index contributed by atoms with van der Waals surface area (Å²) in [4.78, 5) is 11.5. The van der Waals surface area contributed by atoms with Crippen molar-refractivity contribution in [2.75, 3.05) is 13.2 Å². The number of hydrogen-bond donors (Lipinski definition) is 2. The maximum Gasteiger partial charge on any atom is 0.223 e. The molecule has 19 heavy (non-hydrogen) atoms. The van der Waals surface area contributed by atoms with Crippen LogP contribution in [0.25, 0.3) is 0 Å². The Kier molecular flexibility index (Phi) is 6.36. The van der Waals surface area contributed by atoms with E-state index in [0.717, 1.165) is 23.3 Å². The summed E-state index contributed by atoms with van der Waals surface area (Å²) in [5.41, 5.74) is 7.85. The molecule has 0 aliphatic heterocycles. The van der Waals surface area contributed by atoms with E-state index in [9.17, 15) is 4.79 Å². The first kappa shape index (κ1) is 15.5. The van der Waals surface area contributed by atoms with Gasteiger partial charge in [0.25, 0.3) is 0 Å². The second kappa shape index (κ2) is 7.79. The first-order valence-corrected chi connectivity index (χ1v) is 6.71. The summed E-state index contributed by atoms with van der Waals surface area (Å²) in [6.07, 6.45) is 1.16. The number of rotatable bonds is 7. The molecule has 1 aromatic rings. The van der Waals surface area contributed by atoms with Gasteiger partial charge in [-0.2, -0.15) is 0 Å². The van der Waals surface area contributed by atoms with Crippen molar-refractivity contribution < 1.29 is 9.53 Å². The highest BCUT2D eigenvalue weighted by Gasteiger charge is 2.04. The van der Waals surface area contributed by atoms with Gasteiger partial charge in [0.2, 0.25) is 5.91 Å². The Morgan fingerprint density at radius 3 is 2.84 bits per heavy atom. The topological polar surface area (TPSA) is 64.3 Å². The van der Waals surface area contributed by atoms with E-state index in [4.69, 9.17) is 10.5 Å². The summed E-state index contributed by atoms with van der Waals surface area (Å²) in [6.45, 7) is 6.97. The molecule has 0 spiro atoms. The number of ether oxygens (including phenoxy) is 1. The van der Waals surface area contributed by atoms with Gasteiger partial charge in [-0.3, -0.25) is 4.79 Å². The molecule has 0 radical (unpaired) electrons. The van der Waals surface area contributed by atoms with E-state index in [1.165, 1.54) is 0 Å². The second-order valence-electron chi connectivity index (χ2n) is 4.98. The lowest BCUT2D eigenvalue weighted by atomic mass is 10.1. The summed E-state index contributed by atoms with van der Waals surface area (Å²) < 4.78 is 5.63. The van der Waals surface area contributed by atoms with Gasteiger partial charge < -0.3 is 15.8 Å². The zero-order valence-corrected chi connectivity index (χ0v) is 12.0. The van der Waals surface area contributed by atoms with E-state index >= 15 is 0 Å². The molecule has 1 unspecified atom stereocenters. The number of aryl methyl sites for hydroxylation is 2. The predicted molar refractivity (Wildman–Crippen MR) is 77.3 cm³/mol. The van der Waals surface area contributed by atoms with Crippen LogP contribution >= 0.6 is 0 Å². The summed E-state index contributed by atoms with van der Waals surface area (Å²) in [6, 6.07) is 6.17. The quantitative estimate of drug-likeness (QED) is 0.791. The van der Waals surface area contributed by atoms with Gasteiger partial charge in [-0.25, -0.2) is 0 Å². The number of nitrogens with two attached hydrogens (primary N) is 1. The van der Waals surface area contributed by atoms with Crippen LogP contribution in [0.5, 0.6) is 5.75 Å². The van der Waals surface area contributed by atoms with Gasteiger partial charge in [-0.15, -0.1) is 0 Å². The lowest BCUT2D eigenvalue weighted by Crippen LogP contribution is -2.29. The molecule has 0 bridgehead atoms. The zero-order valence-electron chi connectivity index (χ0n) is 12.0. The van der Waals surface area contributed by atoms with Crippen molar-refractivity contribution >= 4 is 5.91 Å². The Hall–Kier alpha value is -1.55. The van der Waals surface area contributed by atoms with Crippen molar-refractivity contribution in [3.63, 3.8) is 0 Å². The number of carbonyl (C=O) groups is 1. The second-order valence-corrected chi connectivity index (χ2v) is 4.98. The van der Waals surface area contributed by atoms with Crippen LogP contribution in [0.3, 0.4) is 0 Å². The van der Waals surface area contributed by atoms with Crippen LogP contribution in [0.15, 0.2) is 18.2 Å². The van der Waals surface area contributed by atoms with E-state index in [0.29, 0.717) is 19.6 Å². The smallest absolute Gasteiger partial charge is 0.223 e. The van der Waals surface area contributed by atoms with E-state index in [-0.39, 0.29) is 11.9 Å². The van der Waals surface area contributed by atoms with Gasteiger partial charge in [-0.05, 0) is 44.4 Å². The molecule has 3 N–H and O–H groups in total. The summed E-state index contributed by atoms with van der Waals surface area (Å²) in [5.74, 6) is 0.856. The molecule has 0 fully saturated rings. The van der Waals surface area contributed by atoms with Crippen LogP contribution in [0.1, 0.15) is 30.9 Å². The van der Waals surface area contributed by atoms with Gasteiger partial charge in [-0.1, -0.05) is 12.1 Å². The molecule has 0 aromatic heterocycles. The maximum absolute atomic E-state index is 11.5. The largest absolute Gasteiger partial charge is 0.493 e. The first-order chi connectivity index (χ1) is 8.99. The van der Waals surface area contributed by atoms with E-state index in [1.807, 2.05) is 39.0 Å². The van der Waals surface area contributed by atoms with Gasteiger partial charge in [0.05, 0.1) is 13.0 Å². The average Bonchev–Trinajstić information content (AvgIpc) is 2.33. The van der Waals surface area contributed by atoms with Crippen LogP contribution in [-0.2, 0) is 4.79 Å². The number of nitrogens with one attached hydrogen (secondary N) is 1. The van der Waals surface area contributed by atoms with Crippen LogP contribution in [-0.4, -0.2) is 25.1 Å². The third-order valence-corrected chi connectivity index (χ3v) is 2.85. The molecule has 1 aromatic carbocycles. The minimum absolute atomic E-state index is 0.00551. The Labute approximate surface area is 115 Å². The molecule has 0 saturated heterocycles. The maximum atomic E-state index is 11.5. The fraction of sp³-hybridized carbons (Fsp3) is 0.533. The fourth-order valence-corrected chi connectivity index (χ4v) is 1.64. The van der Waals surface area contributed by atoms with Crippen molar-refractivity contribution in [1.29, 1.82) is 0 Å². The number of amides is 1. The van der Waals surface area contributed by atoms with Crippen molar-refractivity contribution in [2.24, 2.45) is 5.73 Å². The highest BCUT2D eigenvalue weighted by Crippen LogP contribution is 2.19. The molecule has 1 amide bonds. The molecule has 4 heteroatoms. The molecule has 4 nitrogen and oxygen atoms in total. The fourth-order valence-electron chi connectivity index (χ4n) is 1.64. The lowest BCUT2D eigenvalue weighted by molar-refractivity contribution is -0.121. The average molecular weight is 264 g/mol. The highest BCUT2D eigenvalue weighted by atomic mass is 16.5. The SMILES string of the molecule is Cc1ccc(C)c(OCCC(=O)NCCC(C)N)c1. The number of hydrogen-bond acceptors (Lipinski definition) is 3. The molecular weight excluding hydrogens is 240 g/mol. The normalized spacial score (nSPS) is 12.0. The van der Waals surface area contributed by atoms with Crippen LogP contribution in [0.2, 0.25) is 0 Å². The van der Waals surface area contributed by atoms with E-state index < -0.39 is 0 Å². The summed E-state index contributed by atoms with van der Waals surface area (Å²) in [5, 5.41) is 2.83. The molecule has 0 aliphatic rings. The van der Waals surface area contributed by atoms with Crippen LogP contribution in [0.4, 0.5) is 0 Å². The first-order valence-electron chi connectivity index (χ1n) is 6.71. The summed E-state index contributed by atoms with van der Waals surface area (Å²) in [7, 11) is 0. The van der Waals surface area contributed by atoms with Gasteiger partial charge in [0, 0.05) is 12.6 Å². The molecule has 1 atom stereocenters. The van der Waals surface area contributed by atoms with E-state index in [2.05, 4.69) is 5.32 Å². The van der Waals surface area contributed by atoms with Gasteiger partial charge in [0.15, 0.2) is 0 Å². The standard InChI is InChI=1S/C15H24N2O2/c1-11-4-5-12(2)14(10-11)19-9-7-15(18)17-8-6-13(3)16/h4-5,10,13H,6-9,16H2,1-3H3,(H,17,18). The Morgan fingerprint density at radius 1 is 1.42 bits per heavy atom. The van der Waals surface area contributed by atoms with Crippen LogP contribution < -0.4 is 15.8 Å². The Balaban J connectivity index is 2.26. The highest BCUT2D eigenvalue weighted by molar-refractivity contribution is 5.75. The third kappa shape index (κ3) is 6.25. The number of carbonyl (C=O) groups excluding carboxylic acids is 1. The minimum Gasteiger partial charge on any atom is -0.493 e. The Bertz CT molecular complexity index is 417. The summed E-state index contributed by atoms with van der Waals surface area (Å²) >= 11 is 0. The predicted octanol–water partition coefficient (Wildman–Crippen LogP) is 1.93. The molecule has 106 valence electrons. The monoisotopic (exact) mass is 264 g/mol. The van der Waals surface area contributed by atoms with Crippen molar-refractivity contribution in [2.45, 2.75) is 39.7 Å². The molecule has 1 rings (SSSR count). The minimum atomic E-state index is 0.00551. The Morgan fingerprint density at radius 2 is 2.16 bits per heavy atom. The van der Waals surface area contributed by atoms with Crippen molar-refractivity contribution in [3.8, 4) is 5.75 Å². The molecule has 0 aliphatic carbocycles. The van der Waals surface area contributed by atoms with Gasteiger partial charge >= 0.3 is 0 Å². The number of benzene rings is 1. The van der Waals surface area contributed by atoms with E-state index in [1.54, 1.807) is 0 Å². The third-order valence-electron chi connectivity index (χ3n) is 2.85. The molecule has 0 saturated carbocycles. The lowest BCUT2D eigenvalue weighted by Gasteiger charge is -2.10. The van der Waals surface area contributed by atoms with Crippen molar-refractivity contribution in [1.82, 2.24) is 5.32 Å². The zero-order chi connectivity index (χ0) is 14.3. The molecular formula is C15H24N2O2. The van der Waals surface area contributed by atoms with Crippen LogP contribution in [0, 0.1) is 13.8 Å².